The van der Waals surface area contributed by atoms with E-state index in [2.05, 4.69) is 42.8 Å². The molecule has 0 radical (unpaired) electrons. The highest BCUT2D eigenvalue weighted by atomic mass is 15.2. The van der Waals surface area contributed by atoms with E-state index in [4.69, 9.17) is 5.73 Å². The van der Waals surface area contributed by atoms with Crippen molar-refractivity contribution < 1.29 is 0 Å². The lowest BCUT2D eigenvalue weighted by atomic mass is 9.85. The smallest absolute Gasteiger partial charge is 0.0956 e. The Morgan fingerprint density at radius 1 is 1.20 bits per heavy atom. The molecule has 1 aromatic heterocycles. The zero-order valence-corrected chi connectivity index (χ0v) is 12.5. The van der Waals surface area contributed by atoms with E-state index in [1.165, 1.54) is 12.1 Å². The maximum atomic E-state index is 6.09. The van der Waals surface area contributed by atoms with E-state index in [9.17, 15) is 0 Å². The molecule has 0 bridgehead atoms. The van der Waals surface area contributed by atoms with Crippen LogP contribution < -0.4 is 10.6 Å². The lowest BCUT2D eigenvalue weighted by molar-refractivity contribution is 0.297. The van der Waals surface area contributed by atoms with Gasteiger partial charge in [0.05, 0.1) is 11.2 Å². The Bertz CT molecular complexity index is 623. The van der Waals surface area contributed by atoms with Gasteiger partial charge in [0.25, 0.3) is 0 Å². The largest absolute Gasteiger partial charge is 0.398 e. The zero-order valence-electron chi connectivity index (χ0n) is 12.5. The van der Waals surface area contributed by atoms with E-state index in [-0.39, 0.29) is 0 Å². The number of pyridine rings is 1. The molecule has 0 amide bonds. The van der Waals surface area contributed by atoms with E-state index in [1.807, 2.05) is 18.3 Å². The van der Waals surface area contributed by atoms with Crippen molar-refractivity contribution in [1.82, 2.24) is 4.98 Å². The van der Waals surface area contributed by atoms with E-state index in [0.29, 0.717) is 12.0 Å². The molecule has 1 fully saturated rings. The van der Waals surface area contributed by atoms with Crippen molar-refractivity contribution in [2.75, 3.05) is 17.2 Å². The predicted octanol–water partition coefficient (Wildman–Crippen LogP) is 3.69. The fourth-order valence-electron chi connectivity index (χ4n) is 3.44. The average molecular weight is 269 g/mol. The summed E-state index contributed by atoms with van der Waals surface area (Å²) in [4.78, 5) is 7.09. The van der Waals surface area contributed by atoms with Gasteiger partial charge in [-0.1, -0.05) is 13.8 Å². The SMILES string of the molecule is CC1CC(C)C(C)N(c2ccc(N)c3cccnc23)C1. The molecule has 3 rings (SSSR count). The van der Waals surface area contributed by atoms with Gasteiger partial charge in [0.15, 0.2) is 0 Å². The molecule has 0 saturated carbocycles. The lowest BCUT2D eigenvalue weighted by Gasteiger charge is -2.43. The summed E-state index contributed by atoms with van der Waals surface area (Å²) in [7, 11) is 0. The number of nitrogen functional groups attached to an aromatic ring is 1. The molecule has 1 saturated heterocycles. The Balaban J connectivity index is 2.12. The maximum Gasteiger partial charge on any atom is 0.0956 e. The Kier molecular flexibility index (Phi) is 3.28. The summed E-state index contributed by atoms with van der Waals surface area (Å²) in [5.41, 5.74) is 9.14. The van der Waals surface area contributed by atoms with Crippen LogP contribution in [0.3, 0.4) is 0 Å². The van der Waals surface area contributed by atoms with Crippen molar-refractivity contribution in [2.24, 2.45) is 11.8 Å². The van der Waals surface area contributed by atoms with Gasteiger partial charge in [0.1, 0.15) is 0 Å². The first kappa shape index (κ1) is 13.2. The number of piperidine rings is 1. The van der Waals surface area contributed by atoms with Crippen LogP contribution in [0.5, 0.6) is 0 Å². The van der Waals surface area contributed by atoms with Crippen LogP contribution in [0.25, 0.3) is 10.9 Å². The molecule has 3 atom stereocenters. The molecule has 2 heterocycles. The van der Waals surface area contributed by atoms with Crippen LogP contribution in [0.4, 0.5) is 11.4 Å². The van der Waals surface area contributed by atoms with Crippen molar-refractivity contribution in [1.29, 1.82) is 0 Å². The van der Waals surface area contributed by atoms with Gasteiger partial charge < -0.3 is 10.6 Å². The third-order valence-corrected chi connectivity index (χ3v) is 4.69. The normalized spacial score (nSPS) is 26.9. The molecule has 20 heavy (non-hydrogen) atoms. The van der Waals surface area contributed by atoms with E-state index in [0.717, 1.165) is 29.1 Å². The molecule has 3 heteroatoms. The molecule has 1 aliphatic rings. The molecule has 0 aliphatic carbocycles. The topological polar surface area (TPSA) is 42.1 Å². The molecule has 1 aliphatic heterocycles. The van der Waals surface area contributed by atoms with Gasteiger partial charge in [-0.3, -0.25) is 4.98 Å². The quantitative estimate of drug-likeness (QED) is 0.803. The standard InChI is InChI=1S/C17H23N3/c1-11-9-12(2)13(3)20(10-11)16-7-6-15(18)14-5-4-8-19-17(14)16/h4-8,11-13H,9-10,18H2,1-3H3. The minimum atomic E-state index is 0.542. The van der Waals surface area contributed by atoms with Gasteiger partial charge >= 0.3 is 0 Å². The van der Waals surface area contributed by atoms with Gasteiger partial charge in [0.2, 0.25) is 0 Å². The summed E-state index contributed by atoms with van der Waals surface area (Å²) in [5.74, 6) is 1.42. The second-order valence-electron chi connectivity index (χ2n) is 6.28. The highest BCUT2D eigenvalue weighted by Crippen LogP contribution is 2.36. The van der Waals surface area contributed by atoms with Crippen molar-refractivity contribution >= 4 is 22.3 Å². The summed E-state index contributed by atoms with van der Waals surface area (Å²) in [5, 5.41) is 1.06. The van der Waals surface area contributed by atoms with Gasteiger partial charge in [0, 0.05) is 29.9 Å². The molecule has 106 valence electrons. The molecular weight excluding hydrogens is 246 g/mol. The second kappa shape index (κ2) is 4.97. The van der Waals surface area contributed by atoms with Crippen LogP contribution in [0.15, 0.2) is 30.5 Å². The summed E-state index contributed by atoms with van der Waals surface area (Å²) in [6.07, 6.45) is 3.16. The highest BCUT2D eigenvalue weighted by Gasteiger charge is 2.30. The van der Waals surface area contributed by atoms with Crippen LogP contribution in [0.2, 0.25) is 0 Å². The first-order chi connectivity index (χ1) is 9.58. The first-order valence-electron chi connectivity index (χ1n) is 7.47. The van der Waals surface area contributed by atoms with Crippen molar-refractivity contribution in [3.8, 4) is 0 Å². The minimum Gasteiger partial charge on any atom is -0.398 e. The number of fused-ring (bicyclic) bond motifs is 1. The van der Waals surface area contributed by atoms with Gasteiger partial charge in [-0.2, -0.15) is 0 Å². The fraction of sp³-hybridized carbons (Fsp3) is 0.471. The van der Waals surface area contributed by atoms with Crippen LogP contribution in [-0.4, -0.2) is 17.6 Å². The maximum absolute atomic E-state index is 6.09. The van der Waals surface area contributed by atoms with E-state index < -0.39 is 0 Å². The molecule has 3 nitrogen and oxygen atoms in total. The van der Waals surface area contributed by atoms with Crippen molar-refractivity contribution in [3.05, 3.63) is 30.5 Å². The molecule has 3 unspecified atom stereocenters. The minimum absolute atomic E-state index is 0.542. The predicted molar refractivity (Wildman–Crippen MR) is 85.9 cm³/mol. The fourth-order valence-corrected chi connectivity index (χ4v) is 3.44. The summed E-state index contributed by atoms with van der Waals surface area (Å²) < 4.78 is 0. The third-order valence-electron chi connectivity index (χ3n) is 4.69. The molecule has 1 aromatic carbocycles. The van der Waals surface area contributed by atoms with Gasteiger partial charge in [-0.15, -0.1) is 0 Å². The number of benzene rings is 1. The zero-order chi connectivity index (χ0) is 14.3. The van der Waals surface area contributed by atoms with Crippen molar-refractivity contribution in [2.45, 2.75) is 33.2 Å². The average Bonchev–Trinajstić information content (AvgIpc) is 2.44. The molecule has 2 N–H and O–H groups in total. The van der Waals surface area contributed by atoms with Crippen LogP contribution in [-0.2, 0) is 0 Å². The Morgan fingerprint density at radius 2 is 2.00 bits per heavy atom. The van der Waals surface area contributed by atoms with E-state index >= 15 is 0 Å². The molecule has 2 aromatic rings. The lowest BCUT2D eigenvalue weighted by Crippen LogP contribution is -2.46. The molecule has 0 spiro atoms. The number of nitrogens with two attached hydrogens (primary N) is 1. The number of aromatic nitrogens is 1. The second-order valence-corrected chi connectivity index (χ2v) is 6.28. The number of hydrogen-bond donors (Lipinski definition) is 1. The first-order valence-corrected chi connectivity index (χ1v) is 7.47. The monoisotopic (exact) mass is 269 g/mol. The third kappa shape index (κ3) is 2.11. The summed E-state index contributed by atoms with van der Waals surface area (Å²) in [6, 6.07) is 8.69. The van der Waals surface area contributed by atoms with Gasteiger partial charge in [-0.05, 0) is 49.4 Å². The highest BCUT2D eigenvalue weighted by molar-refractivity contribution is 5.98. The van der Waals surface area contributed by atoms with E-state index in [1.54, 1.807) is 0 Å². The number of anilines is 2. The Hall–Kier alpha value is -1.77. The Morgan fingerprint density at radius 3 is 2.80 bits per heavy atom. The van der Waals surface area contributed by atoms with Crippen molar-refractivity contribution in [3.63, 3.8) is 0 Å². The molecular formula is C17H23N3. The van der Waals surface area contributed by atoms with Gasteiger partial charge in [-0.25, -0.2) is 0 Å². The van der Waals surface area contributed by atoms with Crippen LogP contribution >= 0.6 is 0 Å². The van der Waals surface area contributed by atoms with Crippen LogP contribution in [0, 0.1) is 11.8 Å². The summed E-state index contributed by atoms with van der Waals surface area (Å²) >= 11 is 0. The number of hydrogen-bond acceptors (Lipinski definition) is 3. The number of nitrogens with zero attached hydrogens (tertiary/aromatic N) is 2. The summed E-state index contributed by atoms with van der Waals surface area (Å²) in [6.45, 7) is 8.10. The number of rotatable bonds is 1. The Labute approximate surface area is 120 Å². The van der Waals surface area contributed by atoms with Crippen LogP contribution in [0.1, 0.15) is 27.2 Å².